The van der Waals surface area contributed by atoms with Crippen LogP contribution in [0.1, 0.15) is 23.7 Å². The molecule has 0 amide bonds. The topological polar surface area (TPSA) is 72.7 Å². The molecule has 1 aromatic rings. The van der Waals surface area contributed by atoms with E-state index < -0.39 is 12.2 Å². The third-order valence-corrected chi connectivity index (χ3v) is 2.97. The number of aliphatic hydroxyl groups excluding tert-OH is 3. The maximum absolute atomic E-state index is 9.87. The van der Waals surface area contributed by atoms with Crippen LogP contribution in [-0.2, 0) is 6.42 Å². The van der Waals surface area contributed by atoms with Gasteiger partial charge < -0.3 is 20.6 Å². The highest BCUT2D eigenvalue weighted by molar-refractivity contribution is 5.56. The van der Waals surface area contributed by atoms with Gasteiger partial charge in [-0.2, -0.15) is 0 Å². The van der Waals surface area contributed by atoms with Crippen LogP contribution in [0, 0.1) is 0 Å². The average molecular weight is 223 g/mol. The summed E-state index contributed by atoms with van der Waals surface area (Å²) < 4.78 is 0. The molecule has 1 heterocycles. The van der Waals surface area contributed by atoms with Gasteiger partial charge in [0.25, 0.3) is 0 Å². The van der Waals surface area contributed by atoms with Gasteiger partial charge >= 0.3 is 0 Å². The summed E-state index contributed by atoms with van der Waals surface area (Å²) in [4.78, 5) is 0. The lowest BCUT2D eigenvalue weighted by molar-refractivity contribution is 0.00420. The molecular weight excluding hydrogens is 206 g/mol. The highest BCUT2D eigenvalue weighted by Gasteiger charge is 2.19. The summed E-state index contributed by atoms with van der Waals surface area (Å²) >= 11 is 0. The Bertz CT molecular complexity index is 367. The summed E-state index contributed by atoms with van der Waals surface area (Å²) in [6.07, 6.45) is -0.682. The quantitative estimate of drug-likeness (QED) is 0.597. The van der Waals surface area contributed by atoms with E-state index in [4.69, 9.17) is 5.11 Å². The predicted molar refractivity (Wildman–Crippen MR) is 61.3 cm³/mol. The molecule has 2 unspecified atom stereocenters. The Labute approximate surface area is 94.5 Å². The van der Waals surface area contributed by atoms with Gasteiger partial charge in [0.15, 0.2) is 0 Å². The van der Waals surface area contributed by atoms with E-state index in [0.717, 1.165) is 18.7 Å². The van der Waals surface area contributed by atoms with Crippen molar-refractivity contribution in [2.45, 2.75) is 25.0 Å². The number of nitrogens with one attached hydrogen (secondary N) is 1. The van der Waals surface area contributed by atoms with Crippen molar-refractivity contribution in [2.24, 2.45) is 0 Å². The van der Waals surface area contributed by atoms with Crippen molar-refractivity contribution < 1.29 is 15.3 Å². The first-order valence-corrected chi connectivity index (χ1v) is 5.56. The summed E-state index contributed by atoms with van der Waals surface area (Å²) in [5.74, 6) is 0. The first-order valence-electron chi connectivity index (χ1n) is 5.56. The molecule has 1 aliphatic heterocycles. The average Bonchev–Trinajstić information content (AvgIpc) is 2.75. The minimum Gasteiger partial charge on any atom is -0.396 e. The van der Waals surface area contributed by atoms with Gasteiger partial charge in [-0.15, -0.1) is 0 Å². The van der Waals surface area contributed by atoms with Gasteiger partial charge in [-0.05, 0) is 30.0 Å². The highest BCUT2D eigenvalue weighted by Crippen LogP contribution is 2.27. The van der Waals surface area contributed by atoms with E-state index in [1.54, 1.807) is 0 Å². The summed E-state index contributed by atoms with van der Waals surface area (Å²) in [7, 11) is 0. The minimum absolute atomic E-state index is 0.120. The van der Waals surface area contributed by atoms with Crippen LogP contribution in [0.15, 0.2) is 18.2 Å². The molecule has 4 nitrogen and oxygen atoms in total. The van der Waals surface area contributed by atoms with E-state index in [-0.39, 0.29) is 13.0 Å². The van der Waals surface area contributed by atoms with E-state index in [9.17, 15) is 10.2 Å². The number of fused-ring (bicyclic) bond motifs is 1. The smallest absolute Gasteiger partial charge is 0.105 e. The second-order valence-corrected chi connectivity index (χ2v) is 4.12. The number of rotatable bonds is 4. The number of hydrogen-bond acceptors (Lipinski definition) is 4. The van der Waals surface area contributed by atoms with E-state index in [2.05, 4.69) is 5.32 Å². The second kappa shape index (κ2) is 4.82. The molecule has 1 aromatic carbocycles. The first kappa shape index (κ1) is 11.4. The number of hydrogen-bond donors (Lipinski definition) is 4. The van der Waals surface area contributed by atoms with Gasteiger partial charge in [-0.25, -0.2) is 0 Å². The van der Waals surface area contributed by atoms with Crippen LogP contribution in [-0.4, -0.2) is 34.6 Å². The first-order chi connectivity index (χ1) is 7.72. The van der Waals surface area contributed by atoms with Crippen molar-refractivity contribution in [2.75, 3.05) is 18.5 Å². The summed E-state index contributed by atoms with van der Waals surface area (Å²) in [6.45, 7) is 0.804. The van der Waals surface area contributed by atoms with Crippen LogP contribution >= 0.6 is 0 Å². The Balaban J connectivity index is 2.14. The Hall–Kier alpha value is -1.10. The molecule has 1 aliphatic rings. The molecule has 2 rings (SSSR count). The van der Waals surface area contributed by atoms with E-state index >= 15 is 0 Å². The maximum Gasteiger partial charge on any atom is 0.105 e. The Morgan fingerprint density at radius 1 is 1.31 bits per heavy atom. The number of benzene rings is 1. The molecule has 4 heteroatoms. The van der Waals surface area contributed by atoms with Gasteiger partial charge in [0.1, 0.15) is 6.10 Å². The van der Waals surface area contributed by atoms with Crippen molar-refractivity contribution in [1.29, 1.82) is 0 Å². The van der Waals surface area contributed by atoms with Gasteiger partial charge in [-0.1, -0.05) is 12.1 Å². The Morgan fingerprint density at radius 2 is 2.12 bits per heavy atom. The number of aliphatic hydroxyl groups is 3. The molecule has 0 bridgehead atoms. The lowest BCUT2D eigenvalue weighted by atomic mass is 9.99. The maximum atomic E-state index is 9.87. The van der Waals surface area contributed by atoms with E-state index in [0.29, 0.717) is 5.56 Å². The third kappa shape index (κ3) is 2.19. The molecule has 2 atom stereocenters. The fourth-order valence-electron chi connectivity index (χ4n) is 2.02. The van der Waals surface area contributed by atoms with Crippen LogP contribution in [0.4, 0.5) is 5.69 Å². The molecule has 0 saturated heterocycles. The molecule has 4 N–H and O–H groups in total. The molecular formula is C12H17NO3. The Kier molecular flexibility index (Phi) is 3.43. The van der Waals surface area contributed by atoms with Crippen molar-refractivity contribution in [3.8, 4) is 0 Å². The lowest BCUT2D eigenvalue weighted by Gasteiger charge is -2.17. The zero-order chi connectivity index (χ0) is 11.5. The highest BCUT2D eigenvalue weighted by atomic mass is 16.3. The molecule has 0 aromatic heterocycles. The molecule has 0 saturated carbocycles. The fourth-order valence-corrected chi connectivity index (χ4v) is 2.02. The molecule has 0 spiro atoms. The number of anilines is 1. The van der Waals surface area contributed by atoms with Gasteiger partial charge in [0.2, 0.25) is 0 Å². The zero-order valence-electron chi connectivity index (χ0n) is 9.06. The van der Waals surface area contributed by atoms with Crippen LogP contribution in [0.5, 0.6) is 0 Å². The van der Waals surface area contributed by atoms with Crippen LogP contribution in [0.3, 0.4) is 0 Å². The normalized spacial score (nSPS) is 17.7. The van der Waals surface area contributed by atoms with Crippen LogP contribution in [0.25, 0.3) is 0 Å². The summed E-state index contributed by atoms with van der Waals surface area (Å²) in [5, 5.41) is 31.4. The van der Waals surface area contributed by atoms with E-state index in [1.165, 1.54) is 5.56 Å². The molecule has 0 fully saturated rings. The minimum atomic E-state index is -0.918. The largest absolute Gasteiger partial charge is 0.396 e. The van der Waals surface area contributed by atoms with Crippen LogP contribution in [0.2, 0.25) is 0 Å². The molecule has 0 radical (unpaired) electrons. The van der Waals surface area contributed by atoms with E-state index in [1.807, 2.05) is 18.2 Å². The lowest BCUT2D eigenvalue weighted by Crippen LogP contribution is -2.19. The van der Waals surface area contributed by atoms with Gasteiger partial charge in [-0.3, -0.25) is 0 Å². The van der Waals surface area contributed by atoms with Gasteiger partial charge in [0.05, 0.1) is 6.10 Å². The molecule has 0 aliphatic carbocycles. The van der Waals surface area contributed by atoms with Gasteiger partial charge in [0, 0.05) is 18.8 Å². The fraction of sp³-hybridized carbons (Fsp3) is 0.500. The third-order valence-electron chi connectivity index (χ3n) is 2.97. The Morgan fingerprint density at radius 3 is 2.88 bits per heavy atom. The molecule has 16 heavy (non-hydrogen) atoms. The second-order valence-electron chi connectivity index (χ2n) is 4.12. The summed E-state index contributed by atoms with van der Waals surface area (Å²) in [6, 6.07) is 5.65. The van der Waals surface area contributed by atoms with Crippen LogP contribution < -0.4 is 5.32 Å². The SMILES string of the molecule is OCCC(O)C(O)c1ccc2c(c1)CCN2. The zero-order valence-corrected chi connectivity index (χ0v) is 9.06. The van der Waals surface area contributed by atoms with Crippen molar-refractivity contribution in [1.82, 2.24) is 0 Å². The summed E-state index contributed by atoms with van der Waals surface area (Å²) in [5.41, 5.74) is 2.99. The van der Waals surface area contributed by atoms with Crippen molar-refractivity contribution in [3.63, 3.8) is 0 Å². The monoisotopic (exact) mass is 223 g/mol. The standard InChI is InChI=1S/C12H17NO3/c14-6-4-11(15)12(16)9-1-2-10-8(7-9)3-5-13-10/h1-2,7,11-16H,3-6H2. The van der Waals surface area contributed by atoms with Crippen molar-refractivity contribution in [3.05, 3.63) is 29.3 Å². The molecule has 88 valence electrons. The van der Waals surface area contributed by atoms with Crippen molar-refractivity contribution >= 4 is 5.69 Å². The predicted octanol–water partition coefficient (Wildman–Crippen LogP) is 0.431.